The summed E-state index contributed by atoms with van der Waals surface area (Å²) in [7, 11) is 6.07. The second-order valence-corrected chi connectivity index (χ2v) is 11.9. The summed E-state index contributed by atoms with van der Waals surface area (Å²) in [6, 6.07) is 15.3. The number of ether oxygens (including phenoxy) is 1. The van der Waals surface area contributed by atoms with Crippen LogP contribution in [0.5, 0.6) is 5.88 Å². The lowest BCUT2D eigenvalue weighted by Gasteiger charge is -2.17. The van der Waals surface area contributed by atoms with Crippen LogP contribution in [-0.2, 0) is 25.4 Å². The molecule has 11 nitrogen and oxygen atoms in total. The number of aromatic nitrogens is 4. The Balaban J connectivity index is 0.000000651. The van der Waals surface area contributed by atoms with Crippen LogP contribution in [0, 0.1) is 0 Å². The number of carbonyl (C=O) groups is 1. The average molecular weight is 743 g/mol. The first-order valence-corrected chi connectivity index (χ1v) is 16.9. The predicted octanol–water partition coefficient (Wildman–Crippen LogP) is 7.00. The molecule has 51 heavy (non-hydrogen) atoms. The lowest BCUT2D eigenvalue weighted by molar-refractivity contribution is -0.119. The number of amides is 1. The van der Waals surface area contributed by atoms with Crippen LogP contribution in [0.15, 0.2) is 64.2 Å². The molecular formula is C36H39Cl2F2N7O4. The van der Waals surface area contributed by atoms with Crippen molar-refractivity contribution in [2.75, 3.05) is 26.0 Å². The van der Waals surface area contributed by atoms with Gasteiger partial charge in [-0.15, -0.1) is 0 Å². The first kappa shape index (κ1) is 38.9. The number of aryl methyl sites for hydroxylation is 1. The van der Waals surface area contributed by atoms with Gasteiger partial charge in [0.25, 0.3) is 12.0 Å². The van der Waals surface area contributed by atoms with Crippen LogP contribution in [0.1, 0.15) is 44.4 Å². The van der Waals surface area contributed by atoms with E-state index in [0.717, 1.165) is 40.2 Å². The fraction of sp³-hybridized carbons (Fsp3) is 0.306. The van der Waals surface area contributed by atoms with Crippen molar-refractivity contribution in [2.24, 2.45) is 14.1 Å². The molecular weight excluding hydrogens is 703 g/mol. The molecule has 0 bridgehead atoms. The molecule has 0 radical (unpaired) electrons. The van der Waals surface area contributed by atoms with E-state index in [1.165, 1.54) is 14.1 Å². The molecule has 0 aliphatic carbocycles. The third kappa shape index (κ3) is 8.38. The van der Waals surface area contributed by atoms with Crippen LogP contribution in [-0.4, -0.2) is 45.7 Å². The van der Waals surface area contributed by atoms with E-state index >= 15 is 0 Å². The quantitative estimate of drug-likeness (QED) is 0.155. The van der Waals surface area contributed by atoms with E-state index in [4.69, 9.17) is 27.9 Å². The number of hydrogen-bond acceptors (Lipinski definition) is 8. The molecule has 4 heterocycles. The van der Waals surface area contributed by atoms with Crippen molar-refractivity contribution in [3.63, 3.8) is 0 Å². The van der Waals surface area contributed by atoms with Crippen LogP contribution in [0.25, 0.3) is 33.3 Å². The number of rotatable bonds is 8. The number of benzene rings is 2. The number of alkyl halides is 2. The molecule has 0 spiro atoms. The summed E-state index contributed by atoms with van der Waals surface area (Å²) in [5.74, 6) is 0.503. The highest BCUT2D eigenvalue weighted by molar-refractivity contribution is 6.39. The van der Waals surface area contributed by atoms with Gasteiger partial charge in [-0.25, -0.2) is 23.5 Å². The molecule has 270 valence electrons. The highest BCUT2D eigenvalue weighted by Gasteiger charge is 2.21. The minimum atomic E-state index is -2.95. The Morgan fingerprint density at radius 1 is 0.941 bits per heavy atom. The highest BCUT2D eigenvalue weighted by Crippen LogP contribution is 2.42. The fourth-order valence-corrected chi connectivity index (χ4v) is 6.00. The van der Waals surface area contributed by atoms with Crippen LogP contribution < -0.4 is 31.9 Å². The van der Waals surface area contributed by atoms with Crippen molar-refractivity contribution >= 4 is 51.5 Å². The Labute approximate surface area is 303 Å². The zero-order valence-electron chi connectivity index (χ0n) is 29.0. The lowest BCUT2D eigenvalue weighted by atomic mass is 10.00. The SMILES string of the molecule is CC.CNCc1ccc(-c2cccc(-c3cccc(Nc4nc(C(F)F)cc5c4c(=O)n(C)c(=O)n5C)c3Cl)c2Cl)nc1OC.O=C1CCCN1. The fourth-order valence-electron chi connectivity index (χ4n) is 5.40. The minimum Gasteiger partial charge on any atom is -0.481 e. The Bertz CT molecular complexity index is 2170. The lowest BCUT2D eigenvalue weighted by Crippen LogP contribution is -2.37. The Hall–Kier alpha value is -4.85. The topological polar surface area (TPSA) is 132 Å². The maximum Gasteiger partial charge on any atom is 0.330 e. The average Bonchev–Trinajstić information content (AvgIpc) is 3.62. The summed E-state index contributed by atoms with van der Waals surface area (Å²) in [4.78, 5) is 44.4. The van der Waals surface area contributed by atoms with Crippen molar-refractivity contribution in [1.29, 1.82) is 0 Å². The summed E-state index contributed by atoms with van der Waals surface area (Å²) in [6.45, 7) is 5.46. The monoisotopic (exact) mass is 741 g/mol. The molecule has 3 N–H and O–H groups in total. The molecule has 1 aliphatic rings. The molecule has 1 aliphatic heterocycles. The van der Waals surface area contributed by atoms with E-state index in [-0.39, 0.29) is 33.3 Å². The molecule has 1 fully saturated rings. The van der Waals surface area contributed by atoms with E-state index in [0.29, 0.717) is 39.8 Å². The highest BCUT2D eigenvalue weighted by atomic mass is 35.5. The van der Waals surface area contributed by atoms with Gasteiger partial charge in [0, 0.05) is 55.9 Å². The number of pyridine rings is 2. The van der Waals surface area contributed by atoms with Crippen molar-refractivity contribution in [3.8, 4) is 28.3 Å². The zero-order chi connectivity index (χ0) is 37.4. The number of nitrogens with one attached hydrogen (secondary N) is 3. The van der Waals surface area contributed by atoms with Gasteiger partial charge in [0.15, 0.2) is 0 Å². The smallest absolute Gasteiger partial charge is 0.330 e. The van der Waals surface area contributed by atoms with Crippen molar-refractivity contribution in [3.05, 3.63) is 96.7 Å². The molecule has 1 amide bonds. The maximum atomic E-state index is 13.8. The molecule has 6 rings (SSSR count). The number of methoxy groups -OCH3 is 1. The zero-order valence-corrected chi connectivity index (χ0v) is 30.5. The van der Waals surface area contributed by atoms with Gasteiger partial charge in [-0.05, 0) is 31.7 Å². The van der Waals surface area contributed by atoms with E-state index in [9.17, 15) is 23.2 Å². The van der Waals surface area contributed by atoms with Gasteiger partial charge in [0.05, 0.1) is 34.1 Å². The number of hydrogen-bond donors (Lipinski definition) is 3. The van der Waals surface area contributed by atoms with E-state index < -0.39 is 23.4 Å². The number of carbonyl (C=O) groups excluding carboxylic acids is 1. The summed E-state index contributed by atoms with van der Waals surface area (Å²) in [5, 5.41) is 9.25. The van der Waals surface area contributed by atoms with Gasteiger partial charge in [0.2, 0.25) is 11.8 Å². The molecule has 3 aromatic heterocycles. The third-order valence-corrected chi connectivity index (χ3v) is 8.73. The Morgan fingerprint density at radius 2 is 1.61 bits per heavy atom. The largest absolute Gasteiger partial charge is 0.481 e. The van der Waals surface area contributed by atoms with Crippen molar-refractivity contribution in [1.82, 2.24) is 29.7 Å². The van der Waals surface area contributed by atoms with E-state index in [2.05, 4.69) is 25.9 Å². The third-order valence-electron chi connectivity index (χ3n) is 7.91. The normalized spacial score (nSPS) is 12.2. The minimum absolute atomic E-state index is 0.00703. The number of anilines is 2. The Kier molecular flexibility index (Phi) is 13.3. The maximum absolute atomic E-state index is 13.8. The molecule has 0 atom stereocenters. The second kappa shape index (κ2) is 17.4. The molecule has 1 saturated heterocycles. The van der Waals surface area contributed by atoms with E-state index in [1.807, 2.05) is 45.2 Å². The summed E-state index contributed by atoms with van der Waals surface area (Å²) in [6.07, 6.45) is -1.19. The van der Waals surface area contributed by atoms with Crippen molar-refractivity contribution in [2.45, 2.75) is 39.7 Å². The van der Waals surface area contributed by atoms with Crippen LogP contribution in [0.3, 0.4) is 0 Å². The van der Waals surface area contributed by atoms with Gasteiger partial charge < -0.3 is 20.7 Å². The summed E-state index contributed by atoms with van der Waals surface area (Å²) < 4.78 is 35.1. The molecule has 5 aromatic rings. The summed E-state index contributed by atoms with van der Waals surface area (Å²) in [5.41, 5.74) is 1.57. The van der Waals surface area contributed by atoms with Gasteiger partial charge in [0.1, 0.15) is 16.9 Å². The van der Waals surface area contributed by atoms with Crippen LogP contribution in [0.4, 0.5) is 20.3 Å². The van der Waals surface area contributed by atoms with Crippen LogP contribution in [0.2, 0.25) is 10.0 Å². The first-order valence-electron chi connectivity index (χ1n) is 16.2. The predicted molar refractivity (Wildman–Crippen MR) is 199 cm³/mol. The summed E-state index contributed by atoms with van der Waals surface area (Å²) >= 11 is 13.8. The Morgan fingerprint density at radius 3 is 2.20 bits per heavy atom. The number of fused-ring (bicyclic) bond motifs is 1. The molecule has 0 saturated carbocycles. The first-order chi connectivity index (χ1) is 24.5. The van der Waals surface area contributed by atoms with Gasteiger partial charge in [-0.1, -0.05) is 73.4 Å². The molecule has 15 heteroatoms. The van der Waals surface area contributed by atoms with E-state index in [1.54, 1.807) is 31.4 Å². The molecule has 2 aromatic carbocycles. The van der Waals surface area contributed by atoms with Gasteiger partial charge >= 0.3 is 5.69 Å². The van der Waals surface area contributed by atoms with Crippen molar-refractivity contribution < 1.29 is 18.3 Å². The molecule has 0 unspecified atom stereocenters. The van der Waals surface area contributed by atoms with Crippen LogP contribution >= 0.6 is 23.2 Å². The number of nitrogens with zero attached hydrogens (tertiary/aromatic N) is 4. The number of halogens is 4. The van der Waals surface area contributed by atoms with Gasteiger partial charge in [-0.3, -0.25) is 18.7 Å². The van der Waals surface area contributed by atoms with Gasteiger partial charge in [-0.2, -0.15) is 0 Å². The standard InChI is InChI=1S/C30H26Cl2F2N6O3.C4H7NO.C2H6/c1-35-14-15-11-12-19(38-28(15)43-4)18-9-5-7-16(24(18)31)17-8-6-10-20(25(17)32)36-27-23-22(13-21(37-27)26(33)34)39(2)30(42)40(3)29(23)41;6-4-2-1-3-5-4;1-2/h5-13,26,35H,14H2,1-4H3,(H,36,37);1-3H2,(H,5,6);1-2H3. The second-order valence-electron chi connectivity index (χ2n) is 11.1.